The number of alkyl halides is 2. The molecule has 0 bridgehead atoms. The van der Waals surface area contributed by atoms with E-state index < -0.39 is 18.5 Å². The highest BCUT2D eigenvalue weighted by Crippen LogP contribution is 2.26. The van der Waals surface area contributed by atoms with E-state index in [2.05, 4.69) is 10.6 Å². The molecule has 0 aliphatic rings. The van der Waals surface area contributed by atoms with Crippen LogP contribution in [0.25, 0.3) is 0 Å². The quantitative estimate of drug-likeness (QED) is 0.821. The summed E-state index contributed by atoms with van der Waals surface area (Å²) in [7, 11) is 1.47. The van der Waals surface area contributed by atoms with E-state index in [9.17, 15) is 13.6 Å². The molecule has 5 heteroatoms. The minimum atomic E-state index is -2.98. The fraction of sp³-hybridized carbons (Fsp3) is 0.417. The Morgan fingerprint density at radius 1 is 1.35 bits per heavy atom. The molecule has 2 N–H and O–H groups in total. The first kappa shape index (κ1) is 13.6. The van der Waals surface area contributed by atoms with Crippen molar-refractivity contribution >= 4 is 5.91 Å². The van der Waals surface area contributed by atoms with Gasteiger partial charge in [0, 0.05) is 12.6 Å². The summed E-state index contributed by atoms with van der Waals surface area (Å²) in [5, 5.41) is 4.90. The van der Waals surface area contributed by atoms with Gasteiger partial charge in [-0.15, -0.1) is 0 Å². The molecule has 94 valence electrons. The first-order valence-electron chi connectivity index (χ1n) is 5.35. The summed E-state index contributed by atoms with van der Waals surface area (Å²) in [6, 6.07) is 6.89. The molecule has 1 aromatic carbocycles. The monoisotopic (exact) mass is 242 g/mol. The summed E-state index contributed by atoms with van der Waals surface area (Å²) in [6.45, 7) is 0.978. The van der Waals surface area contributed by atoms with Gasteiger partial charge in [-0.05, 0) is 6.92 Å². The lowest BCUT2D eigenvalue weighted by atomic mass is 10.1. The predicted molar refractivity (Wildman–Crippen MR) is 61.9 cm³/mol. The number of rotatable bonds is 5. The maximum absolute atomic E-state index is 13.7. The topological polar surface area (TPSA) is 41.1 Å². The van der Waals surface area contributed by atoms with Crippen molar-refractivity contribution in [1.29, 1.82) is 0 Å². The maximum atomic E-state index is 13.7. The highest BCUT2D eigenvalue weighted by atomic mass is 19.3. The van der Waals surface area contributed by atoms with Crippen LogP contribution in [0.5, 0.6) is 0 Å². The summed E-state index contributed by atoms with van der Waals surface area (Å²) in [5.74, 6) is -3.29. The lowest BCUT2D eigenvalue weighted by Crippen LogP contribution is -2.44. The molecule has 3 nitrogen and oxygen atoms in total. The van der Waals surface area contributed by atoms with Gasteiger partial charge < -0.3 is 10.6 Å². The van der Waals surface area contributed by atoms with Crippen LogP contribution in [0, 0.1) is 0 Å². The molecule has 0 aliphatic heterocycles. The molecular weight excluding hydrogens is 226 g/mol. The number of likely N-dealkylation sites (N-methyl/N-ethyl adjacent to an activating group) is 1. The Labute approximate surface area is 99.2 Å². The average molecular weight is 242 g/mol. The molecule has 1 unspecified atom stereocenters. The molecule has 1 atom stereocenters. The Morgan fingerprint density at radius 3 is 2.47 bits per heavy atom. The van der Waals surface area contributed by atoms with Crippen molar-refractivity contribution in [1.82, 2.24) is 10.6 Å². The Bertz CT molecular complexity index is 368. The van der Waals surface area contributed by atoms with E-state index >= 15 is 0 Å². The molecule has 0 saturated carbocycles. The van der Waals surface area contributed by atoms with E-state index in [0.717, 1.165) is 0 Å². The molecule has 0 fully saturated rings. The van der Waals surface area contributed by atoms with Crippen molar-refractivity contribution in [2.45, 2.75) is 18.9 Å². The minimum Gasteiger partial charge on any atom is -0.358 e. The molecule has 0 aromatic heterocycles. The Morgan fingerprint density at radius 2 is 1.94 bits per heavy atom. The van der Waals surface area contributed by atoms with Crippen LogP contribution in [0.1, 0.15) is 12.5 Å². The Hall–Kier alpha value is -1.49. The number of amides is 1. The van der Waals surface area contributed by atoms with Crippen LogP contribution in [0.3, 0.4) is 0 Å². The van der Waals surface area contributed by atoms with Crippen LogP contribution in [0.4, 0.5) is 8.78 Å². The van der Waals surface area contributed by atoms with E-state index in [1.807, 2.05) is 0 Å². The van der Waals surface area contributed by atoms with Crippen LogP contribution in [-0.2, 0) is 10.7 Å². The summed E-state index contributed by atoms with van der Waals surface area (Å²) in [5.41, 5.74) is -0.0587. The first-order valence-corrected chi connectivity index (χ1v) is 5.35. The number of hydrogen-bond donors (Lipinski definition) is 2. The van der Waals surface area contributed by atoms with E-state index in [1.165, 1.54) is 19.2 Å². The SMILES string of the molecule is CNC(=O)C(C)NCC(F)(F)c1ccccc1. The molecule has 1 rings (SSSR count). The number of carbonyl (C=O) groups is 1. The van der Waals surface area contributed by atoms with Crippen LogP contribution >= 0.6 is 0 Å². The lowest BCUT2D eigenvalue weighted by molar-refractivity contribution is -0.122. The van der Waals surface area contributed by atoms with Gasteiger partial charge in [0.05, 0.1) is 12.6 Å². The zero-order valence-corrected chi connectivity index (χ0v) is 9.84. The van der Waals surface area contributed by atoms with Gasteiger partial charge in [-0.2, -0.15) is 8.78 Å². The second-order valence-corrected chi connectivity index (χ2v) is 3.79. The van der Waals surface area contributed by atoms with Crippen LogP contribution < -0.4 is 10.6 Å². The van der Waals surface area contributed by atoms with Gasteiger partial charge in [0.25, 0.3) is 5.92 Å². The van der Waals surface area contributed by atoms with Crippen LogP contribution in [-0.4, -0.2) is 25.5 Å². The molecule has 1 aromatic rings. The van der Waals surface area contributed by atoms with Gasteiger partial charge in [-0.3, -0.25) is 4.79 Å². The molecule has 0 heterocycles. The van der Waals surface area contributed by atoms with E-state index in [1.54, 1.807) is 25.1 Å². The van der Waals surface area contributed by atoms with Crippen LogP contribution in [0.15, 0.2) is 30.3 Å². The van der Waals surface area contributed by atoms with Crippen molar-refractivity contribution in [3.05, 3.63) is 35.9 Å². The minimum absolute atomic E-state index is 0.0587. The summed E-state index contributed by atoms with van der Waals surface area (Å²) in [4.78, 5) is 11.1. The summed E-state index contributed by atoms with van der Waals surface area (Å²) >= 11 is 0. The third-order valence-electron chi connectivity index (χ3n) is 2.47. The number of benzene rings is 1. The second-order valence-electron chi connectivity index (χ2n) is 3.79. The third kappa shape index (κ3) is 3.78. The highest BCUT2D eigenvalue weighted by molar-refractivity contribution is 5.80. The number of hydrogen-bond acceptors (Lipinski definition) is 2. The van der Waals surface area contributed by atoms with E-state index in [-0.39, 0.29) is 11.5 Å². The van der Waals surface area contributed by atoms with E-state index in [0.29, 0.717) is 0 Å². The molecule has 0 spiro atoms. The fourth-order valence-electron chi connectivity index (χ4n) is 1.37. The second kappa shape index (κ2) is 5.72. The third-order valence-corrected chi connectivity index (χ3v) is 2.47. The zero-order valence-electron chi connectivity index (χ0n) is 9.84. The molecule has 1 amide bonds. The number of nitrogens with one attached hydrogen (secondary N) is 2. The van der Waals surface area contributed by atoms with Crippen molar-refractivity contribution in [3.63, 3.8) is 0 Å². The Kier molecular flexibility index (Phi) is 4.57. The van der Waals surface area contributed by atoms with E-state index in [4.69, 9.17) is 0 Å². The molecule has 0 aliphatic carbocycles. The van der Waals surface area contributed by atoms with Gasteiger partial charge >= 0.3 is 0 Å². The van der Waals surface area contributed by atoms with Crippen molar-refractivity contribution in [2.75, 3.05) is 13.6 Å². The van der Waals surface area contributed by atoms with Crippen LogP contribution in [0.2, 0.25) is 0 Å². The average Bonchev–Trinajstić information content (AvgIpc) is 2.36. The van der Waals surface area contributed by atoms with Gasteiger partial charge in [0.2, 0.25) is 5.91 Å². The smallest absolute Gasteiger partial charge is 0.285 e. The predicted octanol–water partition coefficient (Wildman–Crippen LogP) is 1.50. The zero-order chi connectivity index (χ0) is 12.9. The molecular formula is C12H16F2N2O. The molecule has 0 radical (unpaired) electrons. The largest absolute Gasteiger partial charge is 0.358 e. The van der Waals surface area contributed by atoms with Crippen molar-refractivity contribution in [3.8, 4) is 0 Å². The lowest BCUT2D eigenvalue weighted by Gasteiger charge is -2.20. The Balaban J connectivity index is 2.59. The maximum Gasteiger partial charge on any atom is 0.285 e. The van der Waals surface area contributed by atoms with Gasteiger partial charge in [-0.25, -0.2) is 0 Å². The van der Waals surface area contributed by atoms with Crippen molar-refractivity contribution < 1.29 is 13.6 Å². The standard InChI is InChI=1S/C12H16F2N2O/c1-9(11(17)15-2)16-8-12(13,14)10-6-4-3-5-7-10/h3-7,9,16H,8H2,1-2H3,(H,15,17). The van der Waals surface area contributed by atoms with Crippen molar-refractivity contribution in [2.24, 2.45) is 0 Å². The molecule has 17 heavy (non-hydrogen) atoms. The molecule has 0 saturated heterocycles. The van der Waals surface area contributed by atoms with Gasteiger partial charge in [0.1, 0.15) is 0 Å². The summed E-state index contributed by atoms with van der Waals surface area (Å²) in [6.07, 6.45) is 0. The highest BCUT2D eigenvalue weighted by Gasteiger charge is 2.31. The first-order chi connectivity index (χ1) is 7.97. The fourth-order valence-corrected chi connectivity index (χ4v) is 1.37. The number of halogens is 2. The number of carbonyl (C=O) groups excluding carboxylic acids is 1. The van der Waals surface area contributed by atoms with Gasteiger partial charge in [0.15, 0.2) is 0 Å². The van der Waals surface area contributed by atoms with Gasteiger partial charge in [-0.1, -0.05) is 30.3 Å². The summed E-state index contributed by atoms with van der Waals surface area (Å²) < 4.78 is 27.4. The normalized spacial score (nSPS) is 13.2.